The molecule has 0 saturated carbocycles. The minimum absolute atomic E-state index is 0.0556. The van der Waals surface area contributed by atoms with Gasteiger partial charge in [-0.25, -0.2) is 0 Å². The van der Waals surface area contributed by atoms with Crippen LogP contribution in [-0.4, -0.2) is 5.40 Å². The van der Waals surface area contributed by atoms with E-state index < -0.39 is 7.68 Å². The molecule has 6 heavy (non-hydrogen) atoms. The predicted molar refractivity (Wildman–Crippen MR) is 30.3 cm³/mol. The molecule has 0 amide bonds. The summed E-state index contributed by atoms with van der Waals surface area (Å²) in [6.07, 6.45) is 0. The van der Waals surface area contributed by atoms with Gasteiger partial charge >= 0.3 is 38.4 Å². The summed E-state index contributed by atoms with van der Waals surface area (Å²) < 4.78 is 19.5. The average Bonchev–Trinajstić information content (AvgIpc) is 1.36. The normalized spacial score (nSPS) is 13.8. The monoisotopic (exact) mass is 126 g/mol. The van der Waals surface area contributed by atoms with Gasteiger partial charge in [-0.2, -0.15) is 0 Å². The third kappa shape index (κ3) is 2.56. The van der Waals surface area contributed by atoms with Crippen LogP contribution in [0.3, 0.4) is 0 Å². The van der Waals surface area contributed by atoms with Crippen molar-refractivity contribution in [1.29, 1.82) is 0 Å². The van der Waals surface area contributed by atoms with E-state index in [1.165, 1.54) is 0 Å². The van der Waals surface area contributed by atoms with E-state index in [0.29, 0.717) is 0 Å². The molecule has 0 heterocycles. The summed E-state index contributed by atoms with van der Waals surface area (Å²) in [5.74, 6) is 0. The first kappa shape index (κ1) is 6.33. The molecule has 4 heteroatoms. The van der Waals surface area contributed by atoms with E-state index in [1.54, 1.807) is 6.92 Å². The van der Waals surface area contributed by atoms with Gasteiger partial charge in [0.15, 0.2) is 0 Å². The van der Waals surface area contributed by atoms with Gasteiger partial charge in [-0.3, -0.25) is 0 Å². The fraction of sp³-hybridized carbons (Fsp3) is 1.00. The van der Waals surface area contributed by atoms with Crippen LogP contribution >= 0.6 is 16.9 Å². The number of rotatable bonds is 1. The number of hydrogen-bond donors (Lipinski definition) is 0. The maximum absolute atomic E-state index is 9.77. The van der Waals surface area contributed by atoms with Crippen molar-refractivity contribution in [2.75, 3.05) is 0 Å². The van der Waals surface area contributed by atoms with E-state index in [2.05, 4.69) is 0 Å². The van der Waals surface area contributed by atoms with Crippen LogP contribution in [0.4, 0.5) is 0 Å². The van der Waals surface area contributed by atoms with E-state index in [1.807, 2.05) is 0 Å². The first-order chi connectivity index (χ1) is 2.64. The second-order valence-electron chi connectivity index (χ2n) is 1.38. The van der Waals surface area contributed by atoms with Crippen molar-refractivity contribution in [2.45, 2.75) is 12.3 Å². The molecule has 0 saturated heterocycles. The third-order valence-electron chi connectivity index (χ3n) is 0.422. The second kappa shape index (κ2) is 2.49. The zero-order chi connectivity index (χ0) is 5.15. The average molecular weight is 126 g/mol. The quantitative estimate of drug-likeness (QED) is 0.488. The van der Waals surface area contributed by atoms with Crippen LogP contribution < -0.4 is 0 Å². The molecule has 0 aromatic heterocycles. The van der Waals surface area contributed by atoms with Crippen LogP contribution in [0, 0.1) is 0 Å². The van der Waals surface area contributed by atoms with Crippen LogP contribution in [0.5, 0.6) is 0 Å². The Kier molecular flexibility index (Phi) is 2.63. The maximum atomic E-state index is 9.77. The SMILES string of the molecule is CC([PH4])P(=O)=O. The van der Waals surface area contributed by atoms with Crippen molar-refractivity contribution in [3.05, 3.63) is 0 Å². The summed E-state index contributed by atoms with van der Waals surface area (Å²) in [6, 6.07) is 0. The molecule has 0 aromatic carbocycles. The summed E-state index contributed by atoms with van der Waals surface area (Å²) in [5.41, 5.74) is 0. The van der Waals surface area contributed by atoms with Crippen molar-refractivity contribution < 1.29 is 9.13 Å². The molecule has 1 unspecified atom stereocenters. The van der Waals surface area contributed by atoms with Gasteiger partial charge in [0.2, 0.25) is 0 Å². The van der Waals surface area contributed by atoms with Gasteiger partial charge in [-0.05, 0) is 0 Å². The summed E-state index contributed by atoms with van der Waals surface area (Å²) >= 11 is 0. The Labute approximate surface area is 39.3 Å². The molecule has 0 aliphatic rings. The van der Waals surface area contributed by atoms with Crippen LogP contribution in [-0.2, 0) is 9.13 Å². The van der Waals surface area contributed by atoms with Crippen molar-refractivity contribution in [3.63, 3.8) is 0 Å². The molecule has 0 bridgehead atoms. The van der Waals surface area contributed by atoms with E-state index in [4.69, 9.17) is 0 Å². The molecule has 38 valence electrons. The van der Waals surface area contributed by atoms with Gasteiger partial charge in [0.1, 0.15) is 0 Å². The molecule has 1 atom stereocenters. The second-order valence-corrected chi connectivity index (χ2v) is 5.69. The molecule has 0 aliphatic heterocycles. The van der Waals surface area contributed by atoms with Crippen LogP contribution in [0.1, 0.15) is 6.92 Å². The standard InChI is InChI=1S/C2H8O2P2/c1-2(5)6(3)4/h2H,1H3,5H4. The van der Waals surface area contributed by atoms with Crippen LogP contribution in [0.25, 0.3) is 0 Å². The Morgan fingerprint density at radius 1 is 1.67 bits per heavy atom. The van der Waals surface area contributed by atoms with Crippen molar-refractivity contribution in [2.24, 2.45) is 0 Å². The van der Waals surface area contributed by atoms with Crippen molar-refractivity contribution in [3.8, 4) is 0 Å². The molecule has 2 nitrogen and oxygen atoms in total. The Balaban J connectivity index is 3.57. The summed E-state index contributed by atoms with van der Waals surface area (Å²) in [7, 11) is -1.34. The van der Waals surface area contributed by atoms with Gasteiger partial charge in [0.05, 0.1) is 0 Å². The summed E-state index contributed by atoms with van der Waals surface area (Å²) in [6.45, 7) is 1.71. The third-order valence-corrected chi connectivity index (χ3v) is 2.53. The Morgan fingerprint density at radius 3 is 1.83 bits per heavy atom. The summed E-state index contributed by atoms with van der Waals surface area (Å²) in [4.78, 5) is 0. The van der Waals surface area contributed by atoms with E-state index >= 15 is 0 Å². The molecule has 0 aromatic rings. The zero-order valence-electron chi connectivity index (χ0n) is 3.84. The first-order valence-electron chi connectivity index (χ1n) is 1.78. The Morgan fingerprint density at radius 2 is 1.83 bits per heavy atom. The van der Waals surface area contributed by atoms with Crippen molar-refractivity contribution in [1.82, 2.24) is 0 Å². The van der Waals surface area contributed by atoms with Gasteiger partial charge in [0.25, 0.3) is 0 Å². The van der Waals surface area contributed by atoms with Crippen molar-refractivity contribution >= 4 is 16.9 Å². The van der Waals surface area contributed by atoms with Gasteiger partial charge in [-0.1, -0.05) is 0 Å². The minimum atomic E-state index is -2.10. The van der Waals surface area contributed by atoms with E-state index in [-0.39, 0.29) is 5.40 Å². The topological polar surface area (TPSA) is 34.1 Å². The molecule has 0 fully saturated rings. The molecular formula is C2H8O2P2. The molecule has 0 N–H and O–H groups in total. The van der Waals surface area contributed by atoms with Crippen LogP contribution in [0.15, 0.2) is 0 Å². The Hall–Kier alpha value is 0.330. The fourth-order valence-electron chi connectivity index (χ4n) is 0. The molecule has 0 rings (SSSR count). The molecular weight excluding hydrogens is 118 g/mol. The van der Waals surface area contributed by atoms with E-state index in [0.717, 1.165) is 9.24 Å². The van der Waals surface area contributed by atoms with Crippen LogP contribution in [0.2, 0.25) is 0 Å². The van der Waals surface area contributed by atoms with Gasteiger partial charge < -0.3 is 0 Å². The summed E-state index contributed by atoms with van der Waals surface area (Å²) in [5, 5.41) is -0.0556. The van der Waals surface area contributed by atoms with E-state index in [9.17, 15) is 9.13 Å². The van der Waals surface area contributed by atoms with Gasteiger partial charge in [-0.15, -0.1) is 0 Å². The van der Waals surface area contributed by atoms with Gasteiger partial charge in [0, 0.05) is 0 Å². The first-order valence-corrected chi connectivity index (χ1v) is 4.18. The zero-order valence-corrected chi connectivity index (χ0v) is 6.74. The predicted octanol–water partition coefficient (Wildman–Crippen LogP) is 0.845. The molecule has 0 aliphatic carbocycles. The number of hydrogen-bond acceptors (Lipinski definition) is 2. The fourth-order valence-corrected chi connectivity index (χ4v) is 0. The molecule has 0 radical (unpaired) electrons. The molecule has 0 spiro atoms. The Bertz CT molecular complexity index is 85.7.